The van der Waals surface area contributed by atoms with E-state index in [0.29, 0.717) is 12.2 Å². The molecule has 0 radical (unpaired) electrons. The molecule has 0 atom stereocenters. The van der Waals surface area contributed by atoms with Gasteiger partial charge in [-0.1, -0.05) is 25.5 Å². The number of anilines is 1. The van der Waals surface area contributed by atoms with E-state index in [-0.39, 0.29) is 10.3 Å². The van der Waals surface area contributed by atoms with E-state index in [9.17, 15) is 8.42 Å². The largest absolute Gasteiger partial charge is 0.398 e. The molecule has 18 heavy (non-hydrogen) atoms. The third-order valence-corrected chi connectivity index (χ3v) is 5.06. The van der Waals surface area contributed by atoms with Crippen molar-refractivity contribution in [1.29, 1.82) is 0 Å². The van der Waals surface area contributed by atoms with Gasteiger partial charge in [-0.2, -0.15) is 0 Å². The minimum atomic E-state index is -3.48. The zero-order valence-electron chi connectivity index (χ0n) is 10.6. The molecule has 1 aromatic rings. The molecule has 3 N–H and O–H groups in total. The number of hydrogen-bond donors (Lipinski definition) is 2. The van der Waals surface area contributed by atoms with Crippen molar-refractivity contribution in [2.45, 2.75) is 37.5 Å². The number of hydrogen-bond acceptors (Lipinski definition) is 3. The third kappa shape index (κ3) is 2.84. The average molecular weight is 268 g/mol. The van der Waals surface area contributed by atoms with Gasteiger partial charge in [-0.25, -0.2) is 13.1 Å². The first-order valence-corrected chi connectivity index (χ1v) is 7.82. The maximum absolute atomic E-state index is 12.1. The predicted octanol–water partition coefficient (Wildman–Crippen LogP) is 2.13. The van der Waals surface area contributed by atoms with E-state index in [1.165, 1.54) is 6.07 Å². The summed E-state index contributed by atoms with van der Waals surface area (Å²) in [6, 6.07) is 6.56. The fraction of sp³-hybridized carbons (Fsp3) is 0.538. The van der Waals surface area contributed by atoms with Gasteiger partial charge in [-0.15, -0.1) is 0 Å². The van der Waals surface area contributed by atoms with Crippen LogP contribution < -0.4 is 10.5 Å². The Morgan fingerprint density at radius 2 is 2.00 bits per heavy atom. The number of nitrogens with one attached hydrogen (secondary N) is 1. The van der Waals surface area contributed by atoms with Crippen LogP contribution in [0.15, 0.2) is 29.2 Å². The van der Waals surface area contributed by atoms with E-state index < -0.39 is 10.0 Å². The lowest BCUT2D eigenvalue weighted by Crippen LogP contribution is -2.30. The first-order valence-electron chi connectivity index (χ1n) is 6.33. The zero-order valence-corrected chi connectivity index (χ0v) is 11.5. The highest BCUT2D eigenvalue weighted by Crippen LogP contribution is 2.49. The van der Waals surface area contributed by atoms with Gasteiger partial charge in [-0.3, -0.25) is 0 Å². The lowest BCUT2D eigenvalue weighted by Gasteiger charge is -2.15. The minimum Gasteiger partial charge on any atom is -0.398 e. The first kappa shape index (κ1) is 13.4. The lowest BCUT2D eigenvalue weighted by molar-refractivity contribution is 0.449. The molecule has 1 aliphatic rings. The molecule has 0 bridgehead atoms. The van der Waals surface area contributed by atoms with Crippen LogP contribution in [0.5, 0.6) is 0 Å². The van der Waals surface area contributed by atoms with Crippen LogP contribution in [0.2, 0.25) is 0 Å². The van der Waals surface area contributed by atoms with Crippen molar-refractivity contribution in [3.05, 3.63) is 24.3 Å². The van der Waals surface area contributed by atoms with Crippen molar-refractivity contribution in [2.24, 2.45) is 5.41 Å². The summed E-state index contributed by atoms with van der Waals surface area (Å²) in [4.78, 5) is 0.178. The number of nitrogen functional groups attached to an aromatic ring is 1. The molecule has 1 aromatic carbocycles. The number of nitrogens with two attached hydrogens (primary N) is 1. The fourth-order valence-corrected chi connectivity index (χ4v) is 3.56. The molecule has 100 valence electrons. The molecule has 0 unspecified atom stereocenters. The van der Waals surface area contributed by atoms with Gasteiger partial charge in [0.1, 0.15) is 4.90 Å². The number of sulfonamides is 1. The van der Waals surface area contributed by atoms with Crippen LogP contribution in [-0.4, -0.2) is 15.0 Å². The Morgan fingerprint density at radius 1 is 1.33 bits per heavy atom. The van der Waals surface area contributed by atoms with Crippen LogP contribution in [-0.2, 0) is 10.0 Å². The number of benzene rings is 1. The van der Waals surface area contributed by atoms with Crippen molar-refractivity contribution in [2.75, 3.05) is 12.3 Å². The Kier molecular flexibility index (Phi) is 3.64. The van der Waals surface area contributed by atoms with Crippen molar-refractivity contribution in [1.82, 2.24) is 4.72 Å². The normalized spacial score (nSPS) is 17.6. The standard InChI is InChI=1S/C13H20N2O2S/c1-2-7-13(8-9-13)10-15-18(16,17)12-6-4-3-5-11(12)14/h3-6,15H,2,7-10,14H2,1H3. The Labute approximate surface area is 109 Å². The number of rotatable bonds is 6. The SMILES string of the molecule is CCCC1(CNS(=O)(=O)c2ccccc2N)CC1. The van der Waals surface area contributed by atoms with Crippen molar-refractivity contribution in [3.8, 4) is 0 Å². The van der Waals surface area contributed by atoms with Gasteiger partial charge >= 0.3 is 0 Å². The Hall–Kier alpha value is -1.07. The molecule has 1 saturated carbocycles. The highest BCUT2D eigenvalue weighted by atomic mass is 32.2. The molecule has 0 heterocycles. The molecule has 1 fully saturated rings. The average Bonchev–Trinajstić information content (AvgIpc) is 3.08. The summed E-state index contributed by atoms with van der Waals surface area (Å²) in [5, 5.41) is 0. The molecule has 4 nitrogen and oxygen atoms in total. The van der Waals surface area contributed by atoms with E-state index in [2.05, 4.69) is 11.6 Å². The van der Waals surface area contributed by atoms with E-state index in [0.717, 1.165) is 25.7 Å². The van der Waals surface area contributed by atoms with Crippen LogP contribution in [0.1, 0.15) is 32.6 Å². The van der Waals surface area contributed by atoms with Crippen LogP contribution in [0, 0.1) is 5.41 Å². The second-order valence-corrected chi connectivity index (χ2v) is 6.85. The fourth-order valence-electron chi connectivity index (χ4n) is 2.27. The molecule has 2 rings (SSSR count). The minimum absolute atomic E-state index is 0.178. The first-order chi connectivity index (χ1) is 8.49. The van der Waals surface area contributed by atoms with Crippen molar-refractivity contribution in [3.63, 3.8) is 0 Å². The van der Waals surface area contributed by atoms with Gasteiger partial charge < -0.3 is 5.73 Å². The topological polar surface area (TPSA) is 72.2 Å². The van der Waals surface area contributed by atoms with Gasteiger partial charge in [0, 0.05) is 6.54 Å². The summed E-state index contributed by atoms with van der Waals surface area (Å²) in [5.74, 6) is 0. The van der Waals surface area contributed by atoms with Gasteiger partial charge in [0.25, 0.3) is 0 Å². The smallest absolute Gasteiger partial charge is 0.242 e. The molecule has 1 aliphatic carbocycles. The maximum atomic E-state index is 12.1. The van der Waals surface area contributed by atoms with Crippen molar-refractivity contribution >= 4 is 15.7 Å². The van der Waals surface area contributed by atoms with E-state index in [4.69, 9.17) is 5.73 Å². The second-order valence-electron chi connectivity index (χ2n) is 5.11. The summed E-state index contributed by atoms with van der Waals surface area (Å²) in [7, 11) is -3.48. The Balaban J connectivity index is 2.07. The summed E-state index contributed by atoms with van der Waals surface area (Å²) < 4.78 is 27.0. The summed E-state index contributed by atoms with van der Waals surface area (Å²) in [6.45, 7) is 2.65. The van der Waals surface area contributed by atoms with E-state index >= 15 is 0 Å². The van der Waals surface area contributed by atoms with E-state index in [1.807, 2.05) is 0 Å². The predicted molar refractivity (Wildman–Crippen MR) is 72.6 cm³/mol. The van der Waals surface area contributed by atoms with Crippen molar-refractivity contribution < 1.29 is 8.42 Å². The van der Waals surface area contributed by atoms with Crippen LogP contribution in [0.3, 0.4) is 0 Å². The zero-order chi connectivity index (χ0) is 13.2. The Bertz CT molecular complexity index is 522. The van der Waals surface area contributed by atoms with Crippen LogP contribution in [0.25, 0.3) is 0 Å². The lowest BCUT2D eigenvalue weighted by atomic mass is 10.0. The van der Waals surface area contributed by atoms with Gasteiger partial charge in [0.05, 0.1) is 5.69 Å². The summed E-state index contributed by atoms with van der Waals surface area (Å²) in [5.41, 5.74) is 6.20. The molecule has 0 aromatic heterocycles. The maximum Gasteiger partial charge on any atom is 0.242 e. The summed E-state index contributed by atoms with van der Waals surface area (Å²) >= 11 is 0. The quantitative estimate of drug-likeness (QED) is 0.776. The molecule has 5 heteroatoms. The molecule has 0 aliphatic heterocycles. The molecule has 0 saturated heterocycles. The number of para-hydroxylation sites is 1. The van der Waals surface area contributed by atoms with Gasteiger partial charge in [0.2, 0.25) is 10.0 Å². The van der Waals surface area contributed by atoms with Crippen LogP contribution >= 0.6 is 0 Å². The summed E-state index contributed by atoms with van der Waals surface area (Å²) in [6.07, 6.45) is 4.41. The van der Waals surface area contributed by atoms with Gasteiger partial charge in [0.15, 0.2) is 0 Å². The molecular formula is C13H20N2O2S. The highest BCUT2D eigenvalue weighted by Gasteiger charge is 2.42. The van der Waals surface area contributed by atoms with Gasteiger partial charge in [-0.05, 0) is 36.8 Å². The Morgan fingerprint density at radius 3 is 2.56 bits per heavy atom. The molecule has 0 spiro atoms. The molecular weight excluding hydrogens is 248 g/mol. The monoisotopic (exact) mass is 268 g/mol. The second kappa shape index (κ2) is 4.90. The third-order valence-electron chi connectivity index (χ3n) is 3.58. The highest BCUT2D eigenvalue weighted by molar-refractivity contribution is 7.89. The van der Waals surface area contributed by atoms with E-state index in [1.54, 1.807) is 18.2 Å². The van der Waals surface area contributed by atoms with Crippen LogP contribution in [0.4, 0.5) is 5.69 Å². The molecule has 0 amide bonds.